The molecule has 176 valence electrons. The first kappa shape index (κ1) is 23.4. The molecule has 1 aliphatic carbocycles. The number of likely N-dealkylation sites (tertiary alicyclic amines) is 1. The molecule has 0 aromatic heterocycles. The topological polar surface area (TPSA) is 92.8 Å². The third-order valence-electron chi connectivity index (χ3n) is 6.49. The molecule has 0 radical (unpaired) electrons. The summed E-state index contributed by atoms with van der Waals surface area (Å²) < 4.78 is 5.34. The van der Waals surface area contributed by atoms with Crippen LogP contribution >= 0.6 is 0 Å². The van der Waals surface area contributed by atoms with Gasteiger partial charge in [0.25, 0.3) is 5.91 Å². The molecule has 2 aromatic rings. The Morgan fingerprint density at radius 3 is 2.12 bits per heavy atom. The molecule has 2 aromatic carbocycles. The van der Waals surface area contributed by atoms with Crippen LogP contribution in [0.3, 0.4) is 0 Å². The number of allylic oxidation sites excluding steroid dienone is 2. The minimum absolute atomic E-state index is 0.128. The number of carbonyl (C=O) groups excluding carboxylic acids is 4. The normalized spacial score (nSPS) is 20.1. The van der Waals surface area contributed by atoms with Crippen molar-refractivity contribution in [3.8, 4) is 0 Å². The molecule has 3 atom stereocenters. The first-order chi connectivity index (χ1) is 16.4. The molecule has 1 aliphatic heterocycles. The second-order valence-corrected chi connectivity index (χ2v) is 8.83. The molecule has 1 heterocycles. The number of para-hydroxylation sites is 1. The number of hydrogen-bond donors (Lipinski definition) is 1. The average molecular weight is 461 g/mol. The molecule has 1 N–H and O–H groups in total. The van der Waals surface area contributed by atoms with E-state index in [0.717, 1.165) is 21.6 Å². The summed E-state index contributed by atoms with van der Waals surface area (Å²) in [4.78, 5) is 53.0. The Morgan fingerprint density at radius 1 is 0.941 bits per heavy atom. The highest BCUT2D eigenvalue weighted by Crippen LogP contribution is 2.36. The van der Waals surface area contributed by atoms with E-state index in [2.05, 4.69) is 5.32 Å². The minimum atomic E-state index is -1.12. The Morgan fingerprint density at radius 2 is 1.53 bits per heavy atom. The fraction of sp³-hybridized carbons (Fsp3) is 0.333. The summed E-state index contributed by atoms with van der Waals surface area (Å²) in [6.07, 6.45) is 4.90. The highest BCUT2D eigenvalue weighted by atomic mass is 16.5. The number of fused-ring (bicyclic) bond motifs is 1. The van der Waals surface area contributed by atoms with E-state index in [1.54, 1.807) is 0 Å². The Kier molecular flexibility index (Phi) is 6.91. The number of ether oxygens (including phenoxy) is 1. The monoisotopic (exact) mass is 460 g/mol. The van der Waals surface area contributed by atoms with Crippen molar-refractivity contribution in [1.29, 1.82) is 0 Å². The molecular weight excluding hydrogens is 432 g/mol. The zero-order chi connectivity index (χ0) is 24.2. The lowest BCUT2D eigenvalue weighted by Crippen LogP contribution is -2.48. The molecule has 7 nitrogen and oxygen atoms in total. The fourth-order valence-electron chi connectivity index (χ4n) is 4.67. The molecule has 0 unspecified atom stereocenters. The molecule has 1 fully saturated rings. The number of imide groups is 1. The Hall–Kier alpha value is -3.74. The molecule has 1 saturated heterocycles. The maximum Gasteiger partial charge on any atom is 0.330 e. The van der Waals surface area contributed by atoms with Gasteiger partial charge in [-0.2, -0.15) is 0 Å². The third-order valence-corrected chi connectivity index (χ3v) is 6.49. The Labute approximate surface area is 198 Å². The van der Waals surface area contributed by atoms with Crippen LogP contribution in [-0.2, 0) is 30.3 Å². The van der Waals surface area contributed by atoms with E-state index in [-0.39, 0.29) is 18.2 Å². The second kappa shape index (κ2) is 10.0. The number of rotatable bonds is 7. The second-order valence-electron chi connectivity index (χ2n) is 8.83. The SMILES string of the molecule is Cc1cccc(C)c1NC(=O)COC(=O)[C@@H](Cc1ccccc1)N1C(=O)[C@H]2CC=CC[C@H]2C1=O. The highest BCUT2D eigenvalue weighted by molar-refractivity contribution is 6.08. The van der Waals surface area contributed by atoms with Crippen LogP contribution in [0.5, 0.6) is 0 Å². The van der Waals surface area contributed by atoms with E-state index < -0.39 is 36.4 Å². The van der Waals surface area contributed by atoms with E-state index in [1.165, 1.54) is 0 Å². The van der Waals surface area contributed by atoms with Gasteiger partial charge in [-0.1, -0.05) is 60.7 Å². The van der Waals surface area contributed by atoms with Gasteiger partial charge in [-0.3, -0.25) is 19.3 Å². The quantitative estimate of drug-likeness (QED) is 0.389. The van der Waals surface area contributed by atoms with Crippen LogP contribution in [0.25, 0.3) is 0 Å². The van der Waals surface area contributed by atoms with Gasteiger partial charge in [0.1, 0.15) is 6.04 Å². The average Bonchev–Trinajstić information content (AvgIpc) is 3.09. The third kappa shape index (κ3) is 4.78. The number of aryl methyl sites for hydroxylation is 2. The lowest BCUT2D eigenvalue weighted by molar-refractivity contribution is -0.160. The van der Waals surface area contributed by atoms with Gasteiger partial charge in [0.15, 0.2) is 6.61 Å². The molecule has 3 amide bonds. The summed E-state index contributed by atoms with van der Waals surface area (Å²) >= 11 is 0. The summed E-state index contributed by atoms with van der Waals surface area (Å²) in [6, 6.07) is 13.7. The smallest absolute Gasteiger partial charge is 0.330 e. The Balaban J connectivity index is 1.50. The maximum atomic E-state index is 13.2. The van der Waals surface area contributed by atoms with E-state index in [4.69, 9.17) is 4.74 Å². The largest absolute Gasteiger partial charge is 0.454 e. The summed E-state index contributed by atoms with van der Waals surface area (Å²) in [7, 11) is 0. The van der Waals surface area contributed by atoms with Crippen molar-refractivity contribution in [3.05, 3.63) is 77.4 Å². The van der Waals surface area contributed by atoms with Gasteiger partial charge < -0.3 is 10.1 Å². The van der Waals surface area contributed by atoms with Crippen molar-refractivity contribution >= 4 is 29.4 Å². The lowest BCUT2D eigenvalue weighted by atomic mass is 9.85. The molecule has 34 heavy (non-hydrogen) atoms. The molecule has 0 spiro atoms. The number of nitrogens with zero attached hydrogens (tertiary/aromatic N) is 1. The first-order valence-electron chi connectivity index (χ1n) is 11.5. The zero-order valence-corrected chi connectivity index (χ0v) is 19.3. The standard InChI is InChI=1S/C27H28N2O5/c1-17-9-8-10-18(2)24(17)28-23(30)16-34-27(33)22(15-19-11-4-3-5-12-19)29-25(31)20-13-6-7-14-21(20)26(29)32/h3-12,20-22H,13-16H2,1-2H3,(H,28,30)/t20-,21+,22-/m1/s1. The number of benzene rings is 2. The number of anilines is 1. The van der Waals surface area contributed by atoms with Crippen LogP contribution in [0.2, 0.25) is 0 Å². The predicted octanol–water partition coefficient (Wildman–Crippen LogP) is 3.35. The van der Waals surface area contributed by atoms with Crippen molar-refractivity contribution in [1.82, 2.24) is 4.90 Å². The first-order valence-corrected chi connectivity index (χ1v) is 11.5. The number of esters is 1. The van der Waals surface area contributed by atoms with Gasteiger partial charge in [0.2, 0.25) is 11.8 Å². The Bertz CT molecular complexity index is 1090. The molecule has 0 bridgehead atoms. The summed E-state index contributed by atoms with van der Waals surface area (Å²) in [5.41, 5.74) is 3.25. The van der Waals surface area contributed by atoms with Crippen molar-refractivity contribution < 1.29 is 23.9 Å². The van der Waals surface area contributed by atoms with Crippen molar-refractivity contribution in [2.75, 3.05) is 11.9 Å². The molecular formula is C27H28N2O5. The highest BCUT2D eigenvalue weighted by Gasteiger charge is 2.51. The van der Waals surface area contributed by atoms with Gasteiger partial charge in [0, 0.05) is 12.1 Å². The van der Waals surface area contributed by atoms with Crippen LogP contribution < -0.4 is 5.32 Å². The molecule has 7 heteroatoms. The lowest BCUT2D eigenvalue weighted by Gasteiger charge is -2.25. The minimum Gasteiger partial charge on any atom is -0.454 e. The van der Waals surface area contributed by atoms with Gasteiger partial charge >= 0.3 is 5.97 Å². The molecule has 4 rings (SSSR count). The van der Waals surface area contributed by atoms with Crippen molar-refractivity contribution in [2.45, 2.75) is 39.2 Å². The summed E-state index contributed by atoms with van der Waals surface area (Å²) in [5.74, 6) is -2.85. The number of carbonyl (C=O) groups is 4. The van der Waals surface area contributed by atoms with Crippen molar-refractivity contribution in [3.63, 3.8) is 0 Å². The maximum absolute atomic E-state index is 13.2. The summed E-state index contributed by atoms with van der Waals surface area (Å²) in [6.45, 7) is 3.25. The van der Waals surface area contributed by atoms with Gasteiger partial charge in [0.05, 0.1) is 11.8 Å². The van der Waals surface area contributed by atoms with Gasteiger partial charge in [-0.25, -0.2) is 4.79 Å². The van der Waals surface area contributed by atoms with E-state index in [9.17, 15) is 19.2 Å². The number of nitrogens with one attached hydrogen (secondary N) is 1. The predicted molar refractivity (Wildman–Crippen MR) is 127 cm³/mol. The molecule has 0 saturated carbocycles. The van der Waals surface area contributed by atoms with E-state index in [0.29, 0.717) is 18.5 Å². The van der Waals surface area contributed by atoms with Crippen molar-refractivity contribution in [2.24, 2.45) is 11.8 Å². The van der Waals surface area contributed by atoms with Crippen LogP contribution in [0.4, 0.5) is 5.69 Å². The van der Waals surface area contributed by atoms with E-state index in [1.807, 2.05) is 74.5 Å². The molecule has 2 aliphatic rings. The van der Waals surface area contributed by atoms with Crippen LogP contribution in [0.15, 0.2) is 60.7 Å². The van der Waals surface area contributed by atoms with E-state index >= 15 is 0 Å². The zero-order valence-electron chi connectivity index (χ0n) is 19.3. The van der Waals surface area contributed by atoms with Gasteiger partial charge in [-0.05, 0) is 43.4 Å². The van der Waals surface area contributed by atoms with Gasteiger partial charge in [-0.15, -0.1) is 0 Å². The fourth-order valence-corrected chi connectivity index (χ4v) is 4.67. The summed E-state index contributed by atoms with van der Waals surface area (Å²) in [5, 5.41) is 2.78. The van der Waals surface area contributed by atoms with Crippen LogP contribution in [-0.4, -0.2) is 41.2 Å². The van der Waals surface area contributed by atoms with Crippen LogP contribution in [0.1, 0.15) is 29.5 Å². The number of amides is 3. The van der Waals surface area contributed by atoms with Crippen LogP contribution in [0, 0.1) is 25.7 Å². The number of hydrogen-bond acceptors (Lipinski definition) is 5.